The van der Waals surface area contributed by atoms with Crippen molar-refractivity contribution < 1.29 is 19.4 Å². The number of rotatable bonds is 4. The van der Waals surface area contributed by atoms with Crippen molar-refractivity contribution in [1.29, 1.82) is 0 Å². The Hall–Kier alpha value is -1.62. The molecule has 1 aliphatic rings. The molecule has 0 aromatic heterocycles. The zero-order valence-corrected chi connectivity index (χ0v) is 12.6. The molecule has 0 saturated heterocycles. The minimum atomic E-state index is -1.04. The third-order valence-electron chi connectivity index (χ3n) is 3.87. The van der Waals surface area contributed by atoms with E-state index in [1.807, 2.05) is 20.8 Å². The van der Waals surface area contributed by atoms with E-state index in [2.05, 4.69) is 0 Å². The number of benzene rings is 1. The van der Waals surface area contributed by atoms with Gasteiger partial charge in [-0.15, -0.1) is 0 Å². The van der Waals surface area contributed by atoms with Crippen LogP contribution >= 0.6 is 0 Å². The van der Waals surface area contributed by atoms with Gasteiger partial charge in [-0.3, -0.25) is 4.90 Å². The zero-order valence-electron chi connectivity index (χ0n) is 12.6. The molecule has 1 amide bonds. The Labute approximate surface area is 124 Å². The molecule has 2 N–H and O–H groups in total. The van der Waals surface area contributed by atoms with Crippen LogP contribution in [0.3, 0.4) is 0 Å². The van der Waals surface area contributed by atoms with Gasteiger partial charge in [0.05, 0.1) is 12.1 Å². The number of nitrogens with zero attached hydrogens (tertiary/aromatic N) is 1. The Morgan fingerprint density at radius 2 is 1.81 bits per heavy atom. The van der Waals surface area contributed by atoms with Gasteiger partial charge in [-0.25, -0.2) is 9.18 Å². The van der Waals surface area contributed by atoms with E-state index < -0.39 is 23.8 Å². The lowest BCUT2D eigenvalue weighted by molar-refractivity contribution is -0.00323. The highest BCUT2D eigenvalue weighted by atomic mass is 19.1. The summed E-state index contributed by atoms with van der Waals surface area (Å²) in [4.78, 5) is 13.0. The molecule has 0 unspecified atom stereocenters. The fourth-order valence-corrected chi connectivity index (χ4v) is 2.77. The summed E-state index contributed by atoms with van der Waals surface area (Å²) >= 11 is 0. The summed E-state index contributed by atoms with van der Waals surface area (Å²) in [5, 5.41) is 20.2. The van der Waals surface area contributed by atoms with Crippen LogP contribution in [0.4, 0.5) is 9.18 Å². The molecule has 21 heavy (non-hydrogen) atoms. The van der Waals surface area contributed by atoms with E-state index in [0.717, 1.165) is 12.8 Å². The normalized spacial score (nSPS) is 18.1. The number of hydrogen-bond acceptors (Lipinski definition) is 2. The molecule has 0 aliphatic heterocycles. The van der Waals surface area contributed by atoms with Gasteiger partial charge < -0.3 is 10.2 Å². The fourth-order valence-electron chi connectivity index (χ4n) is 2.77. The number of carbonyl (C=O) groups is 1. The van der Waals surface area contributed by atoms with Crippen LogP contribution < -0.4 is 0 Å². The van der Waals surface area contributed by atoms with E-state index in [4.69, 9.17) is 0 Å². The van der Waals surface area contributed by atoms with Crippen LogP contribution in [0.25, 0.3) is 0 Å². The van der Waals surface area contributed by atoms with Crippen LogP contribution in [-0.2, 0) is 0 Å². The fraction of sp³-hybridized carbons (Fsp3) is 0.562. The van der Waals surface area contributed by atoms with Crippen molar-refractivity contribution in [2.75, 3.05) is 0 Å². The molecular weight excluding hydrogens is 273 g/mol. The van der Waals surface area contributed by atoms with Gasteiger partial charge in [-0.05, 0) is 57.2 Å². The highest BCUT2D eigenvalue weighted by Gasteiger charge is 2.46. The summed E-state index contributed by atoms with van der Waals surface area (Å²) in [7, 11) is 0. The predicted molar refractivity (Wildman–Crippen MR) is 77.5 cm³/mol. The molecule has 1 aromatic carbocycles. The van der Waals surface area contributed by atoms with E-state index in [1.165, 1.54) is 29.2 Å². The number of hydrogen-bond donors (Lipinski definition) is 2. The first-order chi connectivity index (χ1) is 9.71. The highest BCUT2D eigenvalue weighted by molar-refractivity contribution is 5.67. The predicted octanol–water partition coefficient (Wildman–Crippen LogP) is 3.42. The zero-order chi connectivity index (χ0) is 15.8. The molecule has 0 heterocycles. The van der Waals surface area contributed by atoms with Crippen molar-refractivity contribution in [3.05, 3.63) is 35.6 Å². The second kappa shape index (κ2) is 5.64. The summed E-state index contributed by atoms with van der Waals surface area (Å²) in [6.45, 7) is 5.44. The van der Waals surface area contributed by atoms with Crippen LogP contribution in [0.1, 0.15) is 45.3 Å². The summed E-state index contributed by atoms with van der Waals surface area (Å²) < 4.78 is 13.0. The van der Waals surface area contributed by atoms with E-state index >= 15 is 0 Å². The van der Waals surface area contributed by atoms with Gasteiger partial charge in [-0.1, -0.05) is 12.1 Å². The molecule has 2 atom stereocenters. The topological polar surface area (TPSA) is 60.8 Å². The minimum Gasteiger partial charge on any atom is -0.465 e. The molecular formula is C16H22FNO3. The molecule has 2 rings (SSSR count). The lowest BCUT2D eigenvalue weighted by Crippen LogP contribution is -2.54. The molecule has 0 spiro atoms. The van der Waals surface area contributed by atoms with Crippen LogP contribution in [0.15, 0.2) is 24.3 Å². The van der Waals surface area contributed by atoms with Gasteiger partial charge in [0.15, 0.2) is 0 Å². The van der Waals surface area contributed by atoms with E-state index in [1.54, 1.807) is 0 Å². The van der Waals surface area contributed by atoms with Crippen molar-refractivity contribution in [2.24, 2.45) is 5.92 Å². The van der Waals surface area contributed by atoms with Crippen molar-refractivity contribution in [2.45, 2.75) is 51.3 Å². The van der Waals surface area contributed by atoms with Crippen molar-refractivity contribution in [1.82, 2.24) is 4.90 Å². The van der Waals surface area contributed by atoms with Crippen LogP contribution in [-0.4, -0.2) is 32.8 Å². The van der Waals surface area contributed by atoms with Gasteiger partial charge in [-0.2, -0.15) is 0 Å². The number of amides is 1. The number of aliphatic hydroxyl groups is 1. The standard InChI is InChI=1S/C16H22FNO3/c1-16(2,3)18(15(20)21)13(10-4-5-10)14(19)11-6-8-12(17)9-7-11/h6-10,13-14,19H,4-5H2,1-3H3,(H,20,21)/t13-,14+/m1/s1. The average Bonchev–Trinajstić information content (AvgIpc) is 3.18. The molecule has 0 bridgehead atoms. The number of carboxylic acid groups (broad SMARTS) is 1. The van der Waals surface area contributed by atoms with Gasteiger partial charge in [0.1, 0.15) is 5.82 Å². The van der Waals surface area contributed by atoms with Gasteiger partial charge in [0.2, 0.25) is 0 Å². The summed E-state index contributed by atoms with van der Waals surface area (Å²) in [5.74, 6) is -0.222. The maximum atomic E-state index is 13.0. The number of aliphatic hydroxyl groups excluding tert-OH is 1. The molecule has 1 aliphatic carbocycles. The quantitative estimate of drug-likeness (QED) is 0.894. The third-order valence-corrected chi connectivity index (χ3v) is 3.87. The first-order valence-corrected chi connectivity index (χ1v) is 7.17. The van der Waals surface area contributed by atoms with Crippen molar-refractivity contribution in [3.63, 3.8) is 0 Å². The second-order valence-corrected chi connectivity index (χ2v) is 6.65. The maximum Gasteiger partial charge on any atom is 0.408 e. The van der Waals surface area contributed by atoms with E-state index in [-0.39, 0.29) is 11.7 Å². The first-order valence-electron chi connectivity index (χ1n) is 7.17. The average molecular weight is 295 g/mol. The Bertz CT molecular complexity index is 505. The Kier molecular flexibility index (Phi) is 4.23. The van der Waals surface area contributed by atoms with Crippen molar-refractivity contribution in [3.8, 4) is 0 Å². The Morgan fingerprint density at radius 1 is 1.29 bits per heavy atom. The SMILES string of the molecule is CC(C)(C)N(C(=O)O)[C@H](C1CC1)[C@@H](O)c1ccc(F)cc1. The lowest BCUT2D eigenvalue weighted by atomic mass is 9.93. The highest BCUT2D eigenvalue weighted by Crippen LogP contribution is 2.43. The first kappa shape index (κ1) is 15.8. The van der Waals surface area contributed by atoms with Crippen molar-refractivity contribution >= 4 is 6.09 Å². The lowest BCUT2D eigenvalue weighted by Gasteiger charge is -2.42. The van der Waals surface area contributed by atoms with Crippen LogP contribution in [0.5, 0.6) is 0 Å². The van der Waals surface area contributed by atoms with Crippen LogP contribution in [0, 0.1) is 11.7 Å². The third kappa shape index (κ3) is 3.53. The number of halogens is 1. The molecule has 4 nitrogen and oxygen atoms in total. The summed E-state index contributed by atoms with van der Waals surface area (Å²) in [5.41, 5.74) is -0.0658. The molecule has 1 aromatic rings. The maximum absolute atomic E-state index is 13.0. The second-order valence-electron chi connectivity index (χ2n) is 6.65. The van der Waals surface area contributed by atoms with Gasteiger partial charge in [0.25, 0.3) is 0 Å². The summed E-state index contributed by atoms with van der Waals surface area (Å²) in [6, 6.07) is 5.08. The van der Waals surface area contributed by atoms with E-state index in [0.29, 0.717) is 5.56 Å². The molecule has 1 saturated carbocycles. The Balaban J connectivity index is 2.33. The molecule has 0 radical (unpaired) electrons. The Morgan fingerprint density at radius 3 is 2.19 bits per heavy atom. The van der Waals surface area contributed by atoms with Gasteiger partial charge in [0, 0.05) is 5.54 Å². The largest absolute Gasteiger partial charge is 0.465 e. The smallest absolute Gasteiger partial charge is 0.408 e. The molecule has 1 fully saturated rings. The minimum absolute atomic E-state index is 0.153. The summed E-state index contributed by atoms with van der Waals surface area (Å²) in [6.07, 6.45) is -0.181. The molecule has 116 valence electrons. The van der Waals surface area contributed by atoms with E-state index in [9.17, 15) is 19.4 Å². The monoisotopic (exact) mass is 295 g/mol. The van der Waals surface area contributed by atoms with Gasteiger partial charge >= 0.3 is 6.09 Å². The van der Waals surface area contributed by atoms with Crippen LogP contribution in [0.2, 0.25) is 0 Å². The molecule has 5 heteroatoms.